The van der Waals surface area contributed by atoms with Gasteiger partial charge in [0.2, 0.25) is 0 Å². The van der Waals surface area contributed by atoms with Crippen LogP contribution in [0, 0.1) is 0 Å². The van der Waals surface area contributed by atoms with Crippen LogP contribution in [0.15, 0.2) is 0 Å². The van der Waals surface area contributed by atoms with E-state index in [-0.39, 0.29) is 24.0 Å². The molecule has 0 saturated carbocycles. The summed E-state index contributed by atoms with van der Waals surface area (Å²) in [6.07, 6.45) is 0.602. The van der Waals surface area contributed by atoms with E-state index in [0.717, 1.165) is 32.7 Å². The van der Waals surface area contributed by atoms with E-state index >= 15 is 0 Å². The van der Waals surface area contributed by atoms with E-state index in [1.807, 2.05) is 6.92 Å². The molecule has 0 bridgehead atoms. The van der Waals surface area contributed by atoms with Crippen molar-refractivity contribution in [3.05, 3.63) is 0 Å². The predicted octanol–water partition coefficient (Wildman–Crippen LogP) is 1.29. The Balaban J connectivity index is 0.00000169. The molecule has 0 radical (unpaired) electrons. The molecule has 1 aliphatic rings. The van der Waals surface area contributed by atoms with E-state index in [0.29, 0.717) is 0 Å². The number of aliphatic hydroxyl groups excluding tert-OH is 1. The first-order chi connectivity index (χ1) is 6.02. The third kappa shape index (κ3) is 4.13. The maximum atomic E-state index is 9.36. The second-order valence-corrected chi connectivity index (χ2v) is 4.47. The van der Waals surface area contributed by atoms with Crippen molar-refractivity contribution in [2.24, 2.45) is 0 Å². The van der Waals surface area contributed by atoms with Gasteiger partial charge >= 0.3 is 0 Å². The largest absolute Gasteiger partial charge is 0.393 e. The Hall–Kier alpha value is 0.170. The van der Waals surface area contributed by atoms with Gasteiger partial charge in [-0.05, 0) is 27.2 Å². The van der Waals surface area contributed by atoms with Gasteiger partial charge in [0.1, 0.15) is 0 Å². The zero-order valence-corrected chi connectivity index (χ0v) is 10.1. The number of ether oxygens (including phenoxy) is 1. The lowest BCUT2D eigenvalue weighted by molar-refractivity contribution is -0.0252. The summed E-state index contributed by atoms with van der Waals surface area (Å²) in [6, 6.07) is 0. The fraction of sp³-hybridized carbons (Fsp3) is 1.00. The third-order valence-electron chi connectivity index (χ3n) is 2.66. The molecule has 0 aromatic heterocycles. The first kappa shape index (κ1) is 14.2. The average molecular weight is 224 g/mol. The molecule has 1 saturated heterocycles. The molecule has 86 valence electrons. The summed E-state index contributed by atoms with van der Waals surface area (Å²) in [6.45, 7) is 9.84. The molecule has 1 atom stereocenters. The van der Waals surface area contributed by atoms with Gasteiger partial charge < -0.3 is 9.84 Å². The lowest BCUT2D eigenvalue weighted by Crippen LogP contribution is -2.51. The number of halogens is 1. The number of rotatable bonds is 3. The van der Waals surface area contributed by atoms with Crippen molar-refractivity contribution < 1.29 is 9.84 Å². The molecule has 3 nitrogen and oxygen atoms in total. The summed E-state index contributed by atoms with van der Waals surface area (Å²) in [5.41, 5.74) is 0.0952. The van der Waals surface area contributed by atoms with E-state index in [1.165, 1.54) is 0 Å². The Morgan fingerprint density at radius 3 is 2.29 bits per heavy atom. The Morgan fingerprint density at radius 1 is 1.36 bits per heavy atom. The van der Waals surface area contributed by atoms with Gasteiger partial charge in [0.05, 0.1) is 19.3 Å². The molecule has 0 aromatic carbocycles. The molecule has 0 amide bonds. The van der Waals surface area contributed by atoms with Crippen molar-refractivity contribution in [2.45, 2.75) is 38.8 Å². The molecule has 1 N–H and O–H groups in total. The summed E-state index contributed by atoms with van der Waals surface area (Å²) in [4.78, 5) is 2.39. The third-order valence-corrected chi connectivity index (χ3v) is 2.66. The Labute approximate surface area is 92.8 Å². The minimum atomic E-state index is -0.224. The summed E-state index contributed by atoms with van der Waals surface area (Å²) in [5, 5.41) is 9.36. The molecule has 14 heavy (non-hydrogen) atoms. The van der Waals surface area contributed by atoms with Crippen molar-refractivity contribution in [1.29, 1.82) is 0 Å². The zero-order valence-electron chi connectivity index (χ0n) is 9.32. The minimum Gasteiger partial charge on any atom is -0.393 e. The van der Waals surface area contributed by atoms with E-state index < -0.39 is 0 Å². The zero-order chi connectivity index (χ0) is 9.90. The smallest absolute Gasteiger partial charge is 0.0594 e. The standard InChI is InChI=1S/C10H21NO2.ClH/c1-9(12)8-10(2,3)11-4-6-13-7-5-11;/h9,12H,4-8H2,1-3H3;1H. The van der Waals surface area contributed by atoms with Crippen LogP contribution >= 0.6 is 12.4 Å². The highest BCUT2D eigenvalue weighted by molar-refractivity contribution is 5.85. The van der Waals surface area contributed by atoms with Gasteiger partial charge in [-0.1, -0.05) is 0 Å². The quantitative estimate of drug-likeness (QED) is 0.783. The number of hydrogen-bond donors (Lipinski definition) is 1. The first-order valence-electron chi connectivity index (χ1n) is 5.03. The van der Waals surface area contributed by atoms with Crippen molar-refractivity contribution >= 4 is 12.4 Å². The first-order valence-corrected chi connectivity index (χ1v) is 5.03. The summed E-state index contributed by atoms with van der Waals surface area (Å²) < 4.78 is 5.30. The number of aliphatic hydroxyl groups is 1. The van der Waals surface area contributed by atoms with Crippen LogP contribution in [0.3, 0.4) is 0 Å². The van der Waals surface area contributed by atoms with Crippen molar-refractivity contribution in [1.82, 2.24) is 4.90 Å². The van der Waals surface area contributed by atoms with Gasteiger partial charge in [-0.25, -0.2) is 0 Å². The van der Waals surface area contributed by atoms with E-state index in [9.17, 15) is 5.11 Å². The Kier molecular flexibility index (Phi) is 5.98. The van der Waals surface area contributed by atoms with Gasteiger partial charge in [-0.3, -0.25) is 4.90 Å². The average Bonchev–Trinajstić information content (AvgIpc) is 2.04. The second-order valence-electron chi connectivity index (χ2n) is 4.47. The maximum absolute atomic E-state index is 9.36. The van der Waals surface area contributed by atoms with Crippen LogP contribution in [0.2, 0.25) is 0 Å². The van der Waals surface area contributed by atoms with E-state index in [2.05, 4.69) is 18.7 Å². The Bertz CT molecular complexity index is 156. The van der Waals surface area contributed by atoms with Gasteiger partial charge in [0.15, 0.2) is 0 Å². The molecule has 0 aromatic rings. The highest BCUT2D eigenvalue weighted by Gasteiger charge is 2.29. The molecule has 1 aliphatic heterocycles. The fourth-order valence-electron chi connectivity index (χ4n) is 2.02. The van der Waals surface area contributed by atoms with Crippen LogP contribution in [0.4, 0.5) is 0 Å². The number of nitrogens with zero attached hydrogens (tertiary/aromatic N) is 1. The maximum Gasteiger partial charge on any atom is 0.0594 e. The molecular formula is C10H22ClNO2. The van der Waals surface area contributed by atoms with Gasteiger partial charge in [-0.15, -0.1) is 12.4 Å². The van der Waals surface area contributed by atoms with E-state index in [4.69, 9.17) is 4.74 Å². The number of morpholine rings is 1. The second kappa shape index (κ2) is 5.91. The minimum absolute atomic E-state index is 0. The molecular weight excluding hydrogens is 202 g/mol. The van der Waals surface area contributed by atoms with Crippen LogP contribution in [0.5, 0.6) is 0 Å². The summed E-state index contributed by atoms with van der Waals surface area (Å²) >= 11 is 0. The van der Waals surface area contributed by atoms with Crippen LogP contribution in [-0.4, -0.2) is 48.0 Å². The van der Waals surface area contributed by atoms with Gasteiger partial charge in [0.25, 0.3) is 0 Å². The monoisotopic (exact) mass is 223 g/mol. The molecule has 4 heteroatoms. The van der Waals surface area contributed by atoms with Crippen LogP contribution in [0.1, 0.15) is 27.2 Å². The van der Waals surface area contributed by atoms with E-state index in [1.54, 1.807) is 0 Å². The summed E-state index contributed by atoms with van der Waals surface area (Å²) in [7, 11) is 0. The van der Waals surface area contributed by atoms with Crippen molar-refractivity contribution in [3.63, 3.8) is 0 Å². The number of hydrogen-bond acceptors (Lipinski definition) is 3. The molecule has 1 unspecified atom stereocenters. The summed E-state index contributed by atoms with van der Waals surface area (Å²) in [5.74, 6) is 0. The molecule has 1 fully saturated rings. The van der Waals surface area contributed by atoms with Gasteiger partial charge in [0, 0.05) is 18.6 Å². The lowest BCUT2D eigenvalue weighted by atomic mass is 9.94. The van der Waals surface area contributed by atoms with Crippen LogP contribution in [0.25, 0.3) is 0 Å². The van der Waals surface area contributed by atoms with Crippen LogP contribution < -0.4 is 0 Å². The highest BCUT2D eigenvalue weighted by atomic mass is 35.5. The highest BCUT2D eigenvalue weighted by Crippen LogP contribution is 2.21. The van der Waals surface area contributed by atoms with Crippen molar-refractivity contribution in [3.8, 4) is 0 Å². The van der Waals surface area contributed by atoms with Crippen molar-refractivity contribution in [2.75, 3.05) is 26.3 Å². The molecule has 1 rings (SSSR count). The predicted molar refractivity (Wildman–Crippen MR) is 60.0 cm³/mol. The molecule has 0 aliphatic carbocycles. The fourth-order valence-corrected chi connectivity index (χ4v) is 2.02. The SMILES string of the molecule is CC(O)CC(C)(C)N1CCOCC1.Cl. The van der Waals surface area contributed by atoms with Gasteiger partial charge in [-0.2, -0.15) is 0 Å². The lowest BCUT2D eigenvalue weighted by Gasteiger charge is -2.41. The topological polar surface area (TPSA) is 32.7 Å². The van der Waals surface area contributed by atoms with Crippen LogP contribution in [-0.2, 0) is 4.74 Å². The normalized spacial score (nSPS) is 21.4. The Morgan fingerprint density at radius 2 is 1.86 bits per heavy atom. The molecule has 0 spiro atoms. The molecule has 1 heterocycles.